The van der Waals surface area contributed by atoms with Crippen LogP contribution in [0.3, 0.4) is 0 Å². The first-order valence-corrected chi connectivity index (χ1v) is 9.04. The second-order valence-corrected chi connectivity index (χ2v) is 7.51. The van der Waals surface area contributed by atoms with Crippen LogP contribution in [-0.2, 0) is 16.6 Å². The van der Waals surface area contributed by atoms with Crippen LogP contribution in [0.15, 0.2) is 60.1 Å². The minimum absolute atomic E-state index is 0.0405. The fraction of sp³-hybridized carbons (Fsp3) is 0.118. The van der Waals surface area contributed by atoms with E-state index in [2.05, 4.69) is 29.2 Å². The van der Waals surface area contributed by atoms with Gasteiger partial charge in [-0.15, -0.1) is 11.3 Å². The summed E-state index contributed by atoms with van der Waals surface area (Å²) in [6.07, 6.45) is 1.77. The van der Waals surface area contributed by atoms with Crippen LogP contribution in [-0.4, -0.2) is 9.19 Å². The number of thiazole rings is 1. The van der Waals surface area contributed by atoms with Crippen molar-refractivity contribution < 1.29 is 4.21 Å². The van der Waals surface area contributed by atoms with Crippen molar-refractivity contribution in [3.05, 3.63) is 76.2 Å². The highest BCUT2D eigenvalue weighted by Gasteiger charge is 2.32. The maximum atomic E-state index is 12.9. The van der Waals surface area contributed by atoms with Crippen molar-refractivity contribution in [2.45, 2.75) is 11.0 Å². The van der Waals surface area contributed by atoms with E-state index < -0.39 is 10.8 Å². The van der Waals surface area contributed by atoms with E-state index in [1.165, 1.54) is 22.3 Å². The Labute approximate surface area is 130 Å². The summed E-state index contributed by atoms with van der Waals surface area (Å²) in [5.74, 6) is 0.519. The van der Waals surface area contributed by atoms with Gasteiger partial charge in [-0.2, -0.15) is 0 Å². The normalized spacial score (nSPS) is 14.7. The standard InChI is InChI=1S/C17H13NOS2/c19-21(11-16-18-9-10-20-16)17-14-7-3-1-5-12(14)13-6-2-4-8-15(13)17/h1-10,17H,11H2. The summed E-state index contributed by atoms with van der Waals surface area (Å²) in [6, 6.07) is 16.6. The molecule has 1 unspecified atom stereocenters. The number of benzene rings is 2. The molecule has 1 aliphatic rings. The van der Waals surface area contributed by atoms with Gasteiger partial charge in [0.15, 0.2) is 0 Å². The van der Waals surface area contributed by atoms with Crippen LogP contribution in [0, 0.1) is 0 Å². The molecule has 21 heavy (non-hydrogen) atoms. The Kier molecular flexibility index (Phi) is 3.20. The third-order valence-corrected chi connectivity index (χ3v) is 6.34. The van der Waals surface area contributed by atoms with E-state index in [9.17, 15) is 4.21 Å². The summed E-state index contributed by atoms with van der Waals surface area (Å²) < 4.78 is 12.9. The average molecular weight is 311 g/mol. The summed E-state index contributed by atoms with van der Waals surface area (Å²) in [4.78, 5) is 4.27. The van der Waals surface area contributed by atoms with Crippen LogP contribution in [0.1, 0.15) is 21.4 Å². The Balaban J connectivity index is 1.79. The van der Waals surface area contributed by atoms with Crippen LogP contribution >= 0.6 is 11.3 Å². The number of hydrogen-bond donors (Lipinski definition) is 0. The van der Waals surface area contributed by atoms with E-state index in [4.69, 9.17) is 0 Å². The van der Waals surface area contributed by atoms with Gasteiger partial charge in [-0.3, -0.25) is 4.21 Å². The Morgan fingerprint density at radius 2 is 1.62 bits per heavy atom. The topological polar surface area (TPSA) is 30.0 Å². The minimum Gasteiger partial charge on any atom is -0.258 e. The molecule has 104 valence electrons. The lowest BCUT2D eigenvalue weighted by molar-refractivity contribution is 0.678. The predicted octanol–water partition coefficient (Wildman–Crippen LogP) is 4.16. The third kappa shape index (κ3) is 2.15. The van der Waals surface area contributed by atoms with Gasteiger partial charge in [0.25, 0.3) is 0 Å². The van der Waals surface area contributed by atoms with Crippen molar-refractivity contribution in [1.82, 2.24) is 4.98 Å². The van der Waals surface area contributed by atoms with Gasteiger partial charge < -0.3 is 0 Å². The van der Waals surface area contributed by atoms with E-state index >= 15 is 0 Å². The molecule has 0 fully saturated rings. The summed E-state index contributed by atoms with van der Waals surface area (Å²) in [5.41, 5.74) is 4.78. The summed E-state index contributed by atoms with van der Waals surface area (Å²) in [5, 5.41) is 2.83. The van der Waals surface area contributed by atoms with E-state index in [1.807, 2.05) is 29.6 Å². The van der Waals surface area contributed by atoms with Gasteiger partial charge in [0.2, 0.25) is 0 Å². The molecule has 0 spiro atoms. The zero-order valence-electron chi connectivity index (χ0n) is 11.2. The monoisotopic (exact) mass is 311 g/mol. The SMILES string of the molecule is O=S(Cc1nccs1)C1c2ccccc2-c2ccccc21. The molecule has 2 nitrogen and oxygen atoms in total. The maximum absolute atomic E-state index is 12.9. The molecule has 3 aromatic rings. The predicted molar refractivity (Wildman–Crippen MR) is 87.7 cm³/mol. The van der Waals surface area contributed by atoms with E-state index in [-0.39, 0.29) is 5.25 Å². The molecule has 0 radical (unpaired) electrons. The van der Waals surface area contributed by atoms with Gasteiger partial charge in [-0.1, -0.05) is 48.5 Å². The molecule has 4 rings (SSSR count). The van der Waals surface area contributed by atoms with Crippen molar-refractivity contribution in [2.24, 2.45) is 0 Å². The quantitative estimate of drug-likeness (QED) is 0.727. The van der Waals surface area contributed by atoms with Crippen molar-refractivity contribution in [1.29, 1.82) is 0 Å². The number of hydrogen-bond acceptors (Lipinski definition) is 3. The van der Waals surface area contributed by atoms with Gasteiger partial charge >= 0.3 is 0 Å². The van der Waals surface area contributed by atoms with Crippen molar-refractivity contribution in [3.8, 4) is 11.1 Å². The molecule has 1 heterocycles. The van der Waals surface area contributed by atoms with Crippen molar-refractivity contribution >= 4 is 22.1 Å². The average Bonchev–Trinajstić information content (AvgIpc) is 3.12. The lowest BCUT2D eigenvalue weighted by Crippen LogP contribution is -2.07. The molecule has 0 bridgehead atoms. The second-order valence-electron chi connectivity index (χ2n) is 5.01. The molecule has 0 saturated heterocycles. The van der Waals surface area contributed by atoms with Crippen molar-refractivity contribution in [3.63, 3.8) is 0 Å². The summed E-state index contributed by atoms with van der Waals surface area (Å²) in [7, 11) is -1.000. The summed E-state index contributed by atoms with van der Waals surface area (Å²) >= 11 is 1.57. The van der Waals surface area contributed by atoms with Crippen LogP contribution in [0.25, 0.3) is 11.1 Å². The molecule has 2 aromatic carbocycles. The fourth-order valence-corrected chi connectivity index (χ4v) is 5.41. The van der Waals surface area contributed by atoms with Gasteiger partial charge in [0.1, 0.15) is 5.01 Å². The first-order chi connectivity index (χ1) is 10.3. The van der Waals surface area contributed by atoms with Crippen LogP contribution in [0.5, 0.6) is 0 Å². The molecule has 4 heteroatoms. The Bertz CT molecular complexity index is 766. The fourth-order valence-electron chi connectivity index (χ4n) is 2.92. The Morgan fingerprint density at radius 3 is 2.19 bits per heavy atom. The van der Waals surface area contributed by atoms with Crippen molar-refractivity contribution in [2.75, 3.05) is 0 Å². The lowest BCUT2D eigenvalue weighted by atomic mass is 10.1. The van der Waals surface area contributed by atoms with E-state index in [0.717, 1.165) is 5.01 Å². The summed E-state index contributed by atoms with van der Waals surface area (Å²) in [6.45, 7) is 0. The molecule has 0 aliphatic heterocycles. The Morgan fingerprint density at radius 1 is 1.00 bits per heavy atom. The second kappa shape index (κ2) is 5.20. The highest BCUT2D eigenvalue weighted by Crippen LogP contribution is 2.46. The maximum Gasteiger partial charge on any atom is 0.105 e. The zero-order chi connectivity index (χ0) is 14.2. The number of aromatic nitrogens is 1. The largest absolute Gasteiger partial charge is 0.258 e. The van der Waals surface area contributed by atoms with E-state index in [0.29, 0.717) is 5.75 Å². The van der Waals surface area contributed by atoms with E-state index in [1.54, 1.807) is 17.5 Å². The lowest BCUT2D eigenvalue weighted by Gasteiger charge is -2.12. The van der Waals surface area contributed by atoms with Crippen LogP contribution in [0.4, 0.5) is 0 Å². The van der Waals surface area contributed by atoms with Crippen LogP contribution < -0.4 is 0 Å². The highest BCUT2D eigenvalue weighted by molar-refractivity contribution is 7.84. The first-order valence-electron chi connectivity index (χ1n) is 6.78. The van der Waals surface area contributed by atoms with Gasteiger partial charge in [0.05, 0.1) is 11.0 Å². The Hall–Kier alpha value is -1.78. The number of fused-ring (bicyclic) bond motifs is 3. The molecule has 1 atom stereocenters. The molecule has 1 aliphatic carbocycles. The zero-order valence-corrected chi connectivity index (χ0v) is 12.9. The minimum atomic E-state index is -1.000. The first kappa shape index (κ1) is 12.9. The molecule has 1 aromatic heterocycles. The van der Waals surface area contributed by atoms with Crippen LogP contribution in [0.2, 0.25) is 0 Å². The molecular formula is C17H13NOS2. The van der Waals surface area contributed by atoms with Gasteiger partial charge in [-0.05, 0) is 22.3 Å². The molecular weight excluding hydrogens is 298 g/mol. The van der Waals surface area contributed by atoms with Gasteiger partial charge in [0, 0.05) is 22.4 Å². The number of nitrogens with zero attached hydrogens (tertiary/aromatic N) is 1. The molecule has 0 N–H and O–H groups in total. The highest BCUT2D eigenvalue weighted by atomic mass is 32.2. The third-order valence-electron chi connectivity index (χ3n) is 3.79. The molecule has 0 saturated carbocycles. The van der Waals surface area contributed by atoms with Gasteiger partial charge in [-0.25, -0.2) is 4.98 Å². The number of rotatable bonds is 3. The molecule has 0 amide bonds. The smallest absolute Gasteiger partial charge is 0.105 e.